The molecule has 27 heavy (non-hydrogen) atoms. The van der Waals surface area contributed by atoms with Crippen molar-refractivity contribution in [3.63, 3.8) is 0 Å². The van der Waals surface area contributed by atoms with E-state index in [1.54, 1.807) is 6.20 Å². The third kappa shape index (κ3) is 3.06. The topological polar surface area (TPSA) is 68.1 Å². The highest BCUT2D eigenvalue weighted by Gasteiger charge is 2.15. The average Bonchev–Trinajstić information content (AvgIpc) is 3.17. The second kappa shape index (κ2) is 6.64. The van der Waals surface area contributed by atoms with Crippen molar-refractivity contribution in [3.8, 4) is 0 Å². The molecular formula is C21H20N4O2. The van der Waals surface area contributed by atoms with Crippen molar-refractivity contribution in [3.05, 3.63) is 72.1 Å². The fourth-order valence-electron chi connectivity index (χ4n) is 3.46. The fraction of sp³-hybridized carbons (Fsp3) is 0.143. The highest BCUT2D eigenvalue weighted by molar-refractivity contribution is 6.07. The Labute approximate surface area is 156 Å². The summed E-state index contributed by atoms with van der Waals surface area (Å²) < 4.78 is 3.82. The van der Waals surface area contributed by atoms with Gasteiger partial charge in [-0.25, -0.2) is 0 Å². The molecule has 6 nitrogen and oxygen atoms in total. The molecule has 0 aliphatic heterocycles. The van der Waals surface area contributed by atoms with E-state index < -0.39 is 0 Å². The van der Waals surface area contributed by atoms with Gasteiger partial charge in [0.1, 0.15) is 6.54 Å². The van der Waals surface area contributed by atoms with Crippen LogP contribution in [0.1, 0.15) is 16.1 Å². The van der Waals surface area contributed by atoms with Gasteiger partial charge < -0.3 is 9.13 Å². The number of aromatic nitrogens is 2. The van der Waals surface area contributed by atoms with Crippen molar-refractivity contribution in [2.75, 3.05) is 0 Å². The maximum Gasteiger partial charge on any atom is 0.271 e. The first-order chi connectivity index (χ1) is 13.0. The quantitative estimate of drug-likeness (QED) is 0.552. The molecule has 0 radical (unpaired) electrons. The van der Waals surface area contributed by atoms with Gasteiger partial charge in [0.2, 0.25) is 0 Å². The molecule has 0 atom stereocenters. The van der Waals surface area contributed by atoms with Gasteiger partial charge in [0.05, 0.1) is 5.56 Å². The van der Waals surface area contributed by atoms with Crippen molar-refractivity contribution < 1.29 is 9.59 Å². The van der Waals surface area contributed by atoms with E-state index in [1.165, 1.54) is 0 Å². The molecular weight excluding hydrogens is 340 g/mol. The Morgan fingerprint density at radius 1 is 0.963 bits per heavy atom. The molecule has 2 amide bonds. The van der Waals surface area contributed by atoms with Crippen LogP contribution in [0.25, 0.3) is 21.8 Å². The first-order valence-corrected chi connectivity index (χ1v) is 8.72. The Balaban J connectivity index is 1.47. The number of hydrazine groups is 1. The number of nitrogens with zero attached hydrogens (tertiary/aromatic N) is 2. The fourth-order valence-corrected chi connectivity index (χ4v) is 3.46. The molecule has 2 N–H and O–H groups in total. The van der Waals surface area contributed by atoms with Crippen molar-refractivity contribution in [2.24, 2.45) is 7.05 Å². The third-order valence-electron chi connectivity index (χ3n) is 4.78. The molecule has 4 rings (SSSR count). The summed E-state index contributed by atoms with van der Waals surface area (Å²) in [5.41, 5.74) is 8.50. The van der Waals surface area contributed by atoms with Crippen LogP contribution in [-0.2, 0) is 18.4 Å². The Hall–Kier alpha value is -3.54. The van der Waals surface area contributed by atoms with Gasteiger partial charge in [0.25, 0.3) is 11.8 Å². The zero-order valence-corrected chi connectivity index (χ0v) is 15.2. The molecule has 0 saturated carbocycles. The number of benzene rings is 2. The summed E-state index contributed by atoms with van der Waals surface area (Å²) in [5, 5.41) is 1.93. The van der Waals surface area contributed by atoms with E-state index in [1.807, 2.05) is 77.7 Å². The molecule has 2 aromatic heterocycles. The lowest BCUT2D eigenvalue weighted by Crippen LogP contribution is -2.43. The summed E-state index contributed by atoms with van der Waals surface area (Å²) in [6.07, 6.45) is 1.76. The second-order valence-electron chi connectivity index (χ2n) is 6.60. The molecule has 136 valence electrons. The number of rotatable bonds is 3. The summed E-state index contributed by atoms with van der Waals surface area (Å²) in [7, 11) is 1.89. The zero-order chi connectivity index (χ0) is 19.0. The van der Waals surface area contributed by atoms with Crippen molar-refractivity contribution >= 4 is 33.6 Å². The monoisotopic (exact) mass is 360 g/mol. The number of aryl methyl sites for hydroxylation is 2. The molecule has 0 unspecified atom stereocenters. The number of hydrogen-bond acceptors (Lipinski definition) is 2. The summed E-state index contributed by atoms with van der Waals surface area (Å²) in [4.78, 5) is 24.9. The van der Waals surface area contributed by atoms with Crippen LogP contribution in [0.5, 0.6) is 0 Å². The number of carbonyl (C=O) groups excluding carboxylic acids is 2. The minimum absolute atomic E-state index is 0.134. The molecule has 2 heterocycles. The van der Waals surface area contributed by atoms with Crippen LogP contribution in [0.2, 0.25) is 0 Å². The average molecular weight is 360 g/mol. The molecule has 0 spiro atoms. The highest BCUT2D eigenvalue weighted by atomic mass is 16.2. The molecule has 6 heteroatoms. The van der Waals surface area contributed by atoms with Crippen LogP contribution < -0.4 is 10.9 Å². The molecule has 4 aromatic rings. The minimum Gasteiger partial charge on any atom is -0.350 e. The Kier molecular flexibility index (Phi) is 4.16. The van der Waals surface area contributed by atoms with Crippen LogP contribution in [0.15, 0.2) is 60.8 Å². The molecule has 0 fully saturated rings. The van der Waals surface area contributed by atoms with E-state index in [9.17, 15) is 9.59 Å². The summed E-state index contributed by atoms with van der Waals surface area (Å²) in [6, 6.07) is 17.6. The van der Waals surface area contributed by atoms with Crippen LogP contribution in [0.3, 0.4) is 0 Å². The summed E-state index contributed by atoms with van der Waals surface area (Å²) in [6.45, 7) is 2.09. The lowest BCUT2D eigenvalue weighted by Gasteiger charge is -2.10. The molecule has 0 bridgehead atoms. The predicted molar refractivity (Wildman–Crippen MR) is 105 cm³/mol. The van der Waals surface area contributed by atoms with E-state index in [-0.39, 0.29) is 18.4 Å². The van der Waals surface area contributed by atoms with Crippen molar-refractivity contribution in [2.45, 2.75) is 13.5 Å². The smallest absolute Gasteiger partial charge is 0.271 e. The molecule has 2 aromatic carbocycles. The van der Waals surface area contributed by atoms with Gasteiger partial charge in [-0.05, 0) is 30.5 Å². The first-order valence-electron chi connectivity index (χ1n) is 8.72. The van der Waals surface area contributed by atoms with Gasteiger partial charge in [0.15, 0.2) is 0 Å². The van der Waals surface area contributed by atoms with Crippen molar-refractivity contribution in [1.29, 1.82) is 0 Å². The summed E-state index contributed by atoms with van der Waals surface area (Å²) in [5.74, 6) is -0.623. The van der Waals surface area contributed by atoms with Gasteiger partial charge in [-0.3, -0.25) is 20.4 Å². The van der Waals surface area contributed by atoms with Gasteiger partial charge >= 0.3 is 0 Å². The molecule has 0 aliphatic carbocycles. The minimum atomic E-state index is -0.339. The third-order valence-corrected chi connectivity index (χ3v) is 4.78. The predicted octanol–water partition coefficient (Wildman–Crippen LogP) is 2.90. The molecule has 0 saturated heterocycles. The normalized spacial score (nSPS) is 11.0. The van der Waals surface area contributed by atoms with E-state index in [2.05, 4.69) is 10.9 Å². The van der Waals surface area contributed by atoms with E-state index in [0.29, 0.717) is 5.56 Å². The lowest BCUT2D eigenvalue weighted by atomic mass is 10.2. The lowest BCUT2D eigenvalue weighted by molar-refractivity contribution is -0.122. The van der Waals surface area contributed by atoms with Crippen LogP contribution >= 0.6 is 0 Å². The molecule has 0 aliphatic rings. The van der Waals surface area contributed by atoms with Crippen LogP contribution in [0.4, 0.5) is 0 Å². The number of fused-ring (bicyclic) bond motifs is 2. The van der Waals surface area contributed by atoms with Crippen LogP contribution in [0, 0.1) is 6.92 Å². The summed E-state index contributed by atoms with van der Waals surface area (Å²) >= 11 is 0. The maximum atomic E-state index is 12.5. The Bertz CT molecular complexity index is 1170. The Morgan fingerprint density at radius 3 is 2.48 bits per heavy atom. The number of carbonyl (C=O) groups is 2. The Morgan fingerprint density at radius 2 is 1.67 bits per heavy atom. The number of amides is 2. The maximum absolute atomic E-state index is 12.5. The van der Waals surface area contributed by atoms with Crippen molar-refractivity contribution in [1.82, 2.24) is 20.0 Å². The van der Waals surface area contributed by atoms with Gasteiger partial charge in [0, 0.05) is 35.4 Å². The first kappa shape index (κ1) is 16.9. The number of nitrogens with one attached hydrogen (secondary N) is 2. The number of hydrogen-bond donors (Lipinski definition) is 2. The van der Waals surface area contributed by atoms with Gasteiger partial charge in [-0.2, -0.15) is 0 Å². The van der Waals surface area contributed by atoms with E-state index in [4.69, 9.17) is 0 Å². The standard InChI is InChI=1S/C21H20N4O2/c1-14-11-15-7-3-5-9-18(15)25(14)13-20(26)22-23-21(27)17-12-24(2)19-10-6-4-8-16(17)19/h3-12H,13H2,1-2H3,(H,22,26)(H,23,27). The van der Waals surface area contributed by atoms with Gasteiger partial charge in [-0.1, -0.05) is 36.4 Å². The SMILES string of the molecule is Cc1cc2ccccc2n1CC(=O)NNC(=O)c1cn(C)c2ccccc12. The largest absolute Gasteiger partial charge is 0.350 e. The number of para-hydroxylation sites is 2. The van der Waals surface area contributed by atoms with E-state index >= 15 is 0 Å². The zero-order valence-electron chi connectivity index (χ0n) is 15.2. The van der Waals surface area contributed by atoms with Gasteiger partial charge in [-0.15, -0.1) is 0 Å². The highest BCUT2D eigenvalue weighted by Crippen LogP contribution is 2.20. The second-order valence-corrected chi connectivity index (χ2v) is 6.60. The van der Waals surface area contributed by atoms with E-state index in [0.717, 1.165) is 27.5 Å². The van der Waals surface area contributed by atoms with Crippen LogP contribution in [-0.4, -0.2) is 20.9 Å².